The van der Waals surface area contributed by atoms with Gasteiger partial charge in [0, 0.05) is 6.42 Å². The van der Waals surface area contributed by atoms with Gasteiger partial charge in [-0.05, 0) is 13.0 Å². The molecule has 9 heavy (non-hydrogen) atoms. The predicted molar refractivity (Wildman–Crippen MR) is 32.5 cm³/mol. The van der Waals surface area contributed by atoms with Gasteiger partial charge in [0.15, 0.2) is 0 Å². The fourth-order valence-electron chi connectivity index (χ4n) is 0.386. The van der Waals surface area contributed by atoms with Gasteiger partial charge < -0.3 is 11.5 Å². The Morgan fingerprint density at radius 1 is 1.33 bits per heavy atom. The molecule has 0 rings (SSSR count). The molecule has 0 aromatic carbocycles. The molecule has 0 heterocycles. The number of hydrogen-bond donors (Lipinski definition) is 2. The van der Waals surface area contributed by atoms with Crippen molar-refractivity contribution in [1.82, 2.24) is 0 Å². The normalized spacial score (nSPS) is 9.00. The molecule has 0 bridgehead atoms. The largest absolute Gasteiger partial charge is 0.363 e. The Labute approximate surface area is 53.2 Å². The van der Waals surface area contributed by atoms with Crippen LogP contribution in [0.15, 0.2) is 0 Å². The molecule has 0 unspecified atom stereocenters. The van der Waals surface area contributed by atoms with Gasteiger partial charge in [-0.2, -0.15) is 0 Å². The molecule has 0 aromatic rings. The second-order valence-corrected chi connectivity index (χ2v) is 1.68. The monoisotopic (exact) mass is 130 g/mol. The average molecular weight is 130 g/mol. The molecule has 4 nitrogen and oxygen atoms in total. The summed E-state index contributed by atoms with van der Waals surface area (Å²) in [7, 11) is 0. The van der Waals surface area contributed by atoms with Crippen molar-refractivity contribution >= 4 is 11.7 Å². The Morgan fingerprint density at radius 2 is 1.89 bits per heavy atom. The summed E-state index contributed by atoms with van der Waals surface area (Å²) in [5.41, 5.74) is 9.72. The van der Waals surface area contributed by atoms with Gasteiger partial charge in [0.1, 0.15) is 0 Å². The Kier molecular flexibility index (Phi) is 3.62. The van der Waals surface area contributed by atoms with Crippen molar-refractivity contribution in [2.24, 2.45) is 11.5 Å². The van der Waals surface area contributed by atoms with Crippen LogP contribution >= 0.6 is 0 Å². The zero-order valence-electron chi connectivity index (χ0n) is 5.09. The van der Waals surface area contributed by atoms with Crippen molar-refractivity contribution < 1.29 is 9.59 Å². The Hall–Kier alpha value is -0.900. The van der Waals surface area contributed by atoms with Crippen LogP contribution in [0.3, 0.4) is 0 Å². The number of rotatable bonds is 4. The molecule has 0 radical (unpaired) electrons. The van der Waals surface area contributed by atoms with Gasteiger partial charge in [-0.1, -0.05) is 0 Å². The van der Waals surface area contributed by atoms with Crippen LogP contribution in [0.1, 0.15) is 12.8 Å². The van der Waals surface area contributed by atoms with Gasteiger partial charge in [0.25, 0.3) is 5.91 Å². The molecule has 0 fully saturated rings. The SMILES string of the molecule is NCCCC(=O)C(N)=O. The van der Waals surface area contributed by atoms with Crippen molar-refractivity contribution in [3.8, 4) is 0 Å². The number of amides is 1. The standard InChI is InChI=1S/C5H10N2O2/c6-3-1-2-4(8)5(7)9/h1-3,6H2,(H2,7,9). The third kappa shape index (κ3) is 3.66. The van der Waals surface area contributed by atoms with E-state index in [1.54, 1.807) is 0 Å². The summed E-state index contributed by atoms with van der Waals surface area (Å²) in [5.74, 6) is -1.41. The van der Waals surface area contributed by atoms with Crippen LogP contribution < -0.4 is 11.5 Å². The molecular formula is C5H10N2O2. The summed E-state index contributed by atoms with van der Waals surface area (Å²) in [5, 5.41) is 0. The van der Waals surface area contributed by atoms with E-state index in [1.807, 2.05) is 0 Å². The lowest BCUT2D eigenvalue weighted by Crippen LogP contribution is -2.23. The summed E-state index contributed by atoms with van der Waals surface area (Å²) >= 11 is 0. The average Bonchev–Trinajstić information content (AvgIpc) is 1.82. The van der Waals surface area contributed by atoms with E-state index < -0.39 is 11.7 Å². The van der Waals surface area contributed by atoms with Crippen LogP contribution in [0.25, 0.3) is 0 Å². The second kappa shape index (κ2) is 4.03. The molecule has 0 aliphatic rings. The van der Waals surface area contributed by atoms with Gasteiger partial charge in [0.05, 0.1) is 0 Å². The zero-order valence-corrected chi connectivity index (χ0v) is 5.09. The number of ketones is 1. The fraction of sp³-hybridized carbons (Fsp3) is 0.600. The van der Waals surface area contributed by atoms with Crippen LogP contribution in [-0.2, 0) is 9.59 Å². The van der Waals surface area contributed by atoms with Crippen LogP contribution in [0.2, 0.25) is 0 Å². The fourth-order valence-corrected chi connectivity index (χ4v) is 0.386. The number of hydrogen-bond acceptors (Lipinski definition) is 3. The first-order valence-electron chi connectivity index (χ1n) is 2.71. The van der Waals surface area contributed by atoms with Crippen molar-refractivity contribution in [3.63, 3.8) is 0 Å². The van der Waals surface area contributed by atoms with Gasteiger partial charge in [-0.25, -0.2) is 0 Å². The number of primary amides is 1. The van der Waals surface area contributed by atoms with Gasteiger partial charge in [-0.15, -0.1) is 0 Å². The molecule has 0 atom stereocenters. The Morgan fingerprint density at radius 3 is 2.22 bits per heavy atom. The number of carbonyl (C=O) groups excluding carboxylic acids is 2. The van der Waals surface area contributed by atoms with Crippen LogP contribution in [-0.4, -0.2) is 18.2 Å². The third-order valence-electron chi connectivity index (χ3n) is 0.883. The maximum absolute atomic E-state index is 10.4. The summed E-state index contributed by atoms with van der Waals surface area (Å²) < 4.78 is 0. The first kappa shape index (κ1) is 8.10. The van der Waals surface area contributed by atoms with E-state index >= 15 is 0 Å². The minimum Gasteiger partial charge on any atom is -0.363 e. The zero-order chi connectivity index (χ0) is 7.28. The van der Waals surface area contributed by atoms with Gasteiger partial charge >= 0.3 is 0 Å². The van der Waals surface area contributed by atoms with Crippen molar-refractivity contribution in [2.75, 3.05) is 6.54 Å². The number of Topliss-reactive ketones (excluding diaryl/α,β-unsaturated/α-hetero) is 1. The van der Waals surface area contributed by atoms with E-state index in [1.165, 1.54) is 0 Å². The minimum absolute atomic E-state index is 0.172. The Balaban J connectivity index is 3.39. The summed E-state index contributed by atoms with van der Waals surface area (Å²) in [6.45, 7) is 0.416. The molecule has 0 saturated heterocycles. The van der Waals surface area contributed by atoms with E-state index in [4.69, 9.17) is 5.73 Å². The first-order chi connectivity index (χ1) is 4.18. The first-order valence-corrected chi connectivity index (χ1v) is 2.71. The highest BCUT2D eigenvalue weighted by molar-refractivity contribution is 6.35. The topological polar surface area (TPSA) is 86.2 Å². The van der Waals surface area contributed by atoms with Gasteiger partial charge in [0.2, 0.25) is 5.78 Å². The molecule has 1 amide bonds. The molecule has 0 spiro atoms. The lowest BCUT2D eigenvalue weighted by molar-refractivity contribution is -0.136. The lowest BCUT2D eigenvalue weighted by Gasteiger charge is -1.90. The highest BCUT2D eigenvalue weighted by Gasteiger charge is 2.05. The summed E-state index contributed by atoms with van der Waals surface area (Å²) in [4.78, 5) is 20.4. The maximum atomic E-state index is 10.4. The number of nitrogens with two attached hydrogens (primary N) is 2. The van der Waals surface area contributed by atoms with E-state index in [9.17, 15) is 9.59 Å². The van der Waals surface area contributed by atoms with Crippen LogP contribution in [0, 0.1) is 0 Å². The highest BCUT2D eigenvalue weighted by atomic mass is 16.2. The molecule has 4 heteroatoms. The lowest BCUT2D eigenvalue weighted by atomic mass is 10.2. The molecular weight excluding hydrogens is 120 g/mol. The smallest absolute Gasteiger partial charge is 0.284 e. The van der Waals surface area contributed by atoms with Crippen LogP contribution in [0.5, 0.6) is 0 Å². The molecule has 52 valence electrons. The second-order valence-electron chi connectivity index (χ2n) is 1.68. The quantitative estimate of drug-likeness (QED) is 0.467. The van der Waals surface area contributed by atoms with E-state index in [0.29, 0.717) is 13.0 Å². The van der Waals surface area contributed by atoms with Crippen molar-refractivity contribution in [3.05, 3.63) is 0 Å². The summed E-state index contributed by atoms with van der Waals surface area (Å²) in [6.07, 6.45) is 0.702. The third-order valence-corrected chi connectivity index (χ3v) is 0.883. The minimum atomic E-state index is -0.872. The molecule has 0 aliphatic heterocycles. The molecule has 0 aromatic heterocycles. The maximum Gasteiger partial charge on any atom is 0.284 e. The van der Waals surface area contributed by atoms with Crippen LogP contribution in [0.4, 0.5) is 0 Å². The van der Waals surface area contributed by atoms with Crippen molar-refractivity contribution in [1.29, 1.82) is 0 Å². The molecule has 0 saturated carbocycles. The number of carbonyl (C=O) groups is 2. The van der Waals surface area contributed by atoms with E-state index in [-0.39, 0.29) is 6.42 Å². The van der Waals surface area contributed by atoms with E-state index in [2.05, 4.69) is 5.73 Å². The van der Waals surface area contributed by atoms with Crippen molar-refractivity contribution in [2.45, 2.75) is 12.8 Å². The molecule has 4 N–H and O–H groups in total. The summed E-state index contributed by atoms with van der Waals surface area (Å²) in [6, 6.07) is 0. The van der Waals surface area contributed by atoms with E-state index in [0.717, 1.165) is 0 Å². The Bertz CT molecular complexity index is 122. The molecule has 0 aliphatic carbocycles. The predicted octanol–water partition coefficient (Wildman–Crippen LogP) is -1.22. The highest BCUT2D eigenvalue weighted by Crippen LogP contribution is 1.85. The van der Waals surface area contributed by atoms with Gasteiger partial charge in [-0.3, -0.25) is 9.59 Å².